The lowest BCUT2D eigenvalue weighted by Crippen LogP contribution is -2.14. The summed E-state index contributed by atoms with van der Waals surface area (Å²) in [5.74, 6) is -0.253. The highest BCUT2D eigenvalue weighted by Crippen LogP contribution is 2.12. The number of nitrogens with one attached hydrogen (secondary N) is 1. The zero-order valence-electron chi connectivity index (χ0n) is 11.0. The molecule has 0 spiro atoms. The van der Waals surface area contributed by atoms with E-state index in [1.807, 2.05) is 20.1 Å². The molecule has 6 nitrogen and oxygen atoms in total. The van der Waals surface area contributed by atoms with Gasteiger partial charge in [0, 0.05) is 18.4 Å². The third kappa shape index (κ3) is 3.31. The Morgan fingerprint density at radius 3 is 2.89 bits per heavy atom. The second-order valence-corrected chi connectivity index (χ2v) is 4.69. The molecule has 100 valence electrons. The van der Waals surface area contributed by atoms with E-state index in [4.69, 9.17) is 0 Å². The van der Waals surface area contributed by atoms with Crippen molar-refractivity contribution >= 4 is 23.4 Å². The molecule has 2 rings (SSSR count). The molecule has 0 atom stereocenters. The molecule has 0 unspecified atom stereocenters. The van der Waals surface area contributed by atoms with Crippen molar-refractivity contribution in [3.63, 3.8) is 0 Å². The Bertz CT molecular complexity index is 596. The number of thioether (sulfide) groups is 1. The van der Waals surface area contributed by atoms with Crippen LogP contribution in [-0.4, -0.2) is 31.9 Å². The van der Waals surface area contributed by atoms with Gasteiger partial charge in [-0.25, -0.2) is 9.97 Å². The van der Waals surface area contributed by atoms with Crippen LogP contribution in [0.4, 0.5) is 5.69 Å². The van der Waals surface area contributed by atoms with Crippen molar-refractivity contribution in [1.29, 1.82) is 0 Å². The Labute approximate surface area is 115 Å². The first-order chi connectivity index (χ1) is 9.12. The van der Waals surface area contributed by atoms with Crippen molar-refractivity contribution in [2.24, 2.45) is 0 Å². The molecule has 0 saturated heterocycles. The van der Waals surface area contributed by atoms with Gasteiger partial charge in [0.05, 0.1) is 11.9 Å². The van der Waals surface area contributed by atoms with Gasteiger partial charge in [0.25, 0.3) is 5.91 Å². The Morgan fingerprint density at radius 1 is 1.47 bits per heavy atom. The maximum Gasteiger partial charge on any atom is 0.274 e. The number of amides is 1. The van der Waals surface area contributed by atoms with Crippen LogP contribution < -0.4 is 5.32 Å². The van der Waals surface area contributed by atoms with Crippen LogP contribution in [0.3, 0.4) is 0 Å². The van der Waals surface area contributed by atoms with Crippen LogP contribution in [0.5, 0.6) is 0 Å². The molecule has 0 bridgehead atoms. The summed E-state index contributed by atoms with van der Waals surface area (Å²) in [6.45, 7) is 4.59. The fraction of sp³-hybridized carbons (Fsp3) is 0.333. The lowest BCUT2D eigenvalue weighted by molar-refractivity contribution is 0.102. The monoisotopic (exact) mass is 277 g/mol. The molecule has 1 amide bonds. The van der Waals surface area contributed by atoms with Gasteiger partial charge in [0.15, 0.2) is 5.16 Å². The number of aryl methyl sites for hydroxylation is 2. The van der Waals surface area contributed by atoms with E-state index in [2.05, 4.69) is 20.4 Å². The summed E-state index contributed by atoms with van der Waals surface area (Å²) < 4.78 is 1.74. The Hall–Kier alpha value is -1.89. The smallest absolute Gasteiger partial charge is 0.274 e. The summed E-state index contributed by atoms with van der Waals surface area (Å²) in [6.07, 6.45) is 5.27. The van der Waals surface area contributed by atoms with Gasteiger partial charge in [-0.15, -0.1) is 0 Å². The van der Waals surface area contributed by atoms with E-state index in [0.29, 0.717) is 16.5 Å². The van der Waals surface area contributed by atoms with Crippen molar-refractivity contribution in [3.8, 4) is 0 Å². The van der Waals surface area contributed by atoms with Crippen LogP contribution in [0.15, 0.2) is 23.6 Å². The minimum absolute atomic E-state index is 0.253. The molecule has 0 aliphatic heterocycles. The average Bonchev–Trinajstić information content (AvgIpc) is 2.85. The summed E-state index contributed by atoms with van der Waals surface area (Å²) in [4.78, 5) is 20.5. The highest BCUT2D eigenvalue weighted by atomic mass is 32.2. The average molecular weight is 277 g/mol. The van der Waals surface area contributed by atoms with Gasteiger partial charge < -0.3 is 5.32 Å². The summed E-state index contributed by atoms with van der Waals surface area (Å²) in [5.41, 5.74) is 1.80. The maximum absolute atomic E-state index is 12.1. The molecular weight excluding hydrogens is 262 g/mol. The number of carbonyl (C=O) groups excluding carboxylic acids is 1. The van der Waals surface area contributed by atoms with Gasteiger partial charge in [-0.05, 0) is 26.2 Å². The number of hydrogen-bond donors (Lipinski definition) is 1. The third-order valence-electron chi connectivity index (χ3n) is 2.46. The zero-order valence-corrected chi connectivity index (χ0v) is 11.9. The van der Waals surface area contributed by atoms with Crippen molar-refractivity contribution < 1.29 is 4.79 Å². The van der Waals surface area contributed by atoms with Crippen LogP contribution in [0.2, 0.25) is 0 Å². The van der Waals surface area contributed by atoms with E-state index in [1.54, 1.807) is 23.1 Å². The highest BCUT2D eigenvalue weighted by Gasteiger charge is 2.11. The molecule has 0 aliphatic carbocycles. The Morgan fingerprint density at radius 2 is 2.26 bits per heavy atom. The minimum Gasteiger partial charge on any atom is -0.318 e. The zero-order chi connectivity index (χ0) is 13.8. The van der Waals surface area contributed by atoms with E-state index >= 15 is 0 Å². The largest absolute Gasteiger partial charge is 0.318 e. The van der Waals surface area contributed by atoms with Crippen molar-refractivity contribution in [2.45, 2.75) is 25.5 Å². The van der Waals surface area contributed by atoms with Gasteiger partial charge in [-0.3, -0.25) is 9.48 Å². The summed E-state index contributed by atoms with van der Waals surface area (Å²) in [5, 5.41) is 7.46. The third-order valence-corrected chi connectivity index (χ3v) is 3.01. The highest BCUT2D eigenvalue weighted by molar-refractivity contribution is 7.98. The maximum atomic E-state index is 12.1. The van der Waals surface area contributed by atoms with E-state index in [1.165, 1.54) is 11.8 Å². The van der Waals surface area contributed by atoms with Gasteiger partial charge in [-0.1, -0.05) is 11.8 Å². The van der Waals surface area contributed by atoms with Crippen molar-refractivity contribution in [2.75, 3.05) is 11.6 Å². The van der Waals surface area contributed by atoms with Crippen LogP contribution in [0.25, 0.3) is 0 Å². The van der Waals surface area contributed by atoms with Gasteiger partial charge in [0.2, 0.25) is 0 Å². The number of carbonyl (C=O) groups is 1. The lowest BCUT2D eigenvalue weighted by Gasteiger charge is -2.04. The molecule has 0 fully saturated rings. The predicted molar refractivity (Wildman–Crippen MR) is 74.4 cm³/mol. The topological polar surface area (TPSA) is 72.7 Å². The number of rotatable bonds is 4. The molecule has 0 radical (unpaired) electrons. The molecule has 0 aliphatic rings. The minimum atomic E-state index is -0.253. The van der Waals surface area contributed by atoms with Crippen molar-refractivity contribution in [1.82, 2.24) is 19.7 Å². The van der Waals surface area contributed by atoms with E-state index < -0.39 is 0 Å². The van der Waals surface area contributed by atoms with Crippen LogP contribution in [0, 0.1) is 6.92 Å². The normalized spacial score (nSPS) is 10.5. The Kier molecular flexibility index (Phi) is 4.16. The van der Waals surface area contributed by atoms with Crippen LogP contribution in [-0.2, 0) is 6.54 Å². The fourth-order valence-corrected chi connectivity index (χ4v) is 1.97. The molecule has 2 aromatic rings. The number of anilines is 1. The lowest BCUT2D eigenvalue weighted by atomic mass is 10.3. The Balaban J connectivity index is 2.17. The summed E-state index contributed by atoms with van der Waals surface area (Å²) in [6, 6.07) is 1.67. The van der Waals surface area contributed by atoms with E-state index in [9.17, 15) is 4.79 Å². The molecule has 19 heavy (non-hydrogen) atoms. The second kappa shape index (κ2) is 5.83. The van der Waals surface area contributed by atoms with Crippen LogP contribution in [0.1, 0.15) is 23.1 Å². The first-order valence-electron chi connectivity index (χ1n) is 5.86. The molecular formula is C12H15N5OS. The quantitative estimate of drug-likeness (QED) is 0.683. The second-order valence-electron chi connectivity index (χ2n) is 3.92. The number of nitrogens with zero attached hydrogens (tertiary/aromatic N) is 4. The molecule has 7 heteroatoms. The number of aromatic nitrogens is 4. The van der Waals surface area contributed by atoms with Gasteiger partial charge in [-0.2, -0.15) is 5.10 Å². The van der Waals surface area contributed by atoms with Crippen LogP contribution >= 0.6 is 11.8 Å². The standard InChI is InChI=1S/C12H15N5OS/c1-4-17-7-9(6-13-17)15-11(18)10-5-8(2)14-12(16-10)19-3/h5-7H,4H2,1-3H3,(H,15,18). The van der Waals surface area contributed by atoms with E-state index in [0.717, 1.165) is 12.2 Å². The van der Waals surface area contributed by atoms with E-state index in [-0.39, 0.29) is 5.91 Å². The summed E-state index contributed by atoms with van der Waals surface area (Å²) >= 11 is 1.41. The summed E-state index contributed by atoms with van der Waals surface area (Å²) in [7, 11) is 0. The first kappa shape index (κ1) is 13.5. The fourth-order valence-electron chi connectivity index (χ4n) is 1.55. The molecule has 2 aromatic heterocycles. The van der Waals surface area contributed by atoms with Gasteiger partial charge >= 0.3 is 0 Å². The molecule has 0 saturated carbocycles. The predicted octanol–water partition coefficient (Wildman–Crippen LogP) is 1.98. The first-order valence-corrected chi connectivity index (χ1v) is 7.08. The SMILES string of the molecule is CCn1cc(NC(=O)c2cc(C)nc(SC)n2)cn1. The van der Waals surface area contributed by atoms with Crippen molar-refractivity contribution in [3.05, 3.63) is 29.8 Å². The molecule has 0 aromatic carbocycles. The van der Waals surface area contributed by atoms with Gasteiger partial charge in [0.1, 0.15) is 5.69 Å². The molecule has 1 N–H and O–H groups in total. The molecule has 2 heterocycles. The number of hydrogen-bond acceptors (Lipinski definition) is 5.